The summed E-state index contributed by atoms with van der Waals surface area (Å²) in [7, 11) is 1.65. The highest BCUT2D eigenvalue weighted by molar-refractivity contribution is 8.01. The molecule has 1 fully saturated rings. The first-order chi connectivity index (χ1) is 16.2. The average Bonchev–Trinajstić information content (AvgIpc) is 3.38. The van der Waals surface area contributed by atoms with Gasteiger partial charge in [-0.15, -0.1) is 23.1 Å². The van der Waals surface area contributed by atoms with E-state index in [1.807, 2.05) is 36.0 Å². The summed E-state index contributed by atoms with van der Waals surface area (Å²) in [5.74, 6) is 2.59. The van der Waals surface area contributed by atoms with E-state index in [1.54, 1.807) is 24.6 Å². The molecule has 3 N–H and O–H groups in total. The summed E-state index contributed by atoms with van der Waals surface area (Å²) in [6.45, 7) is 3.28. The Hall–Kier alpha value is -1.68. The molecule has 0 radical (unpaired) electrons. The molecule has 1 saturated heterocycles. The minimum Gasteiger partial charge on any atom is -0.497 e. The van der Waals surface area contributed by atoms with Gasteiger partial charge in [-0.3, -0.25) is 4.98 Å². The second kappa shape index (κ2) is 12.1. The molecule has 178 valence electrons. The first kappa shape index (κ1) is 24.4. The van der Waals surface area contributed by atoms with Crippen molar-refractivity contribution in [2.24, 2.45) is 11.8 Å². The lowest BCUT2D eigenvalue weighted by molar-refractivity contribution is 0.0626. The monoisotopic (exact) mass is 487 g/mol. The van der Waals surface area contributed by atoms with Crippen LogP contribution in [-0.4, -0.2) is 59.3 Å². The van der Waals surface area contributed by atoms with E-state index in [1.165, 1.54) is 4.21 Å². The van der Waals surface area contributed by atoms with Crippen molar-refractivity contribution in [3.63, 3.8) is 0 Å². The van der Waals surface area contributed by atoms with Gasteiger partial charge in [-0.2, -0.15) is 5.48 Å². The lowest BCUT2D eigenvalue weighted by Crippen LogP contribution is -2.43. The van der Waals surface area contributed by atoms with E-state index >= 15 is 0 Å². The molecule has 0 saturated carbocycles. The molecular weight excluding hydrogens is 454 g/mol. The Bertz CT molecular complexity index is 1000. The third-order valence-electron chi connectivity index (χ3n) is 6.70. The van der Waals surface area contributed by atoms with Crippen molar-refractivity contribution in [1.82, 2.24) is 15.4 Å². The standard InChI is InChI=1S/C25H33N3O3S2/c1-31-20-5-7-23-22(15-20)21(8-10-26-23)24(27-30)6-4-18-9-11-28(16-19(18)17-29)12-14-33-25-3-2-13-32-25/h2-3,5,7-8,10,13,15,18-19,24,27,29-30H,4,6,9,11-12,14,16-17H2,1H3/t18-,19-,24+/m1/s1. The Labute approximate surface area is 203 Å². The molecule has 2 aromatic heterocycles. The Morgan fingerprint density at radius 1 is 1.30 bits per heavy atom. The van der Waals surface area contributed by atoms with Gasteiger partial charge >= 0.3 is 0 Å². The highest BCUT2D eigenvalue weighted by Crippen LogP contribution is 2.33. The number of hydroxylamine groups is 1. The molecule has 1 aliphatic heterocycles. The number of rotatable bonds is 11. The van der Waals surface area contributed by atoms with Crippen LogP contribution in [0.15, 0.2) is 52.2 Å². The Morgan fingerprint density at radius 3 is 2.97 bits per heavy atom. The largest absolute Gasteiger partial charge is 0.497 e. The molecule has 8 heteroatoms. The van der Waals surface area contributed by atoms with Crippen LogP contribution in [0.2, 0.25) is 0 Å². The topological polar surface area (TPSA) is 77.9 Å². The van der Waals surface area contributed by atoms with Crippen molar-refractivity contribution in [3.8, 4) is 5.75 Å². The van der Waals surface area contributed by atoms with Gasteiger partial charge in [0.05, 0.1) is 22.9 Å². The molecule has 1 aromatic carbocycles. The van der Waals surface area contributed by atoms with Crippen molar-refractivity contribution >= 4 is 34.0 Å². The highest BCUT2D eigenvalue weighted by atomic mass is 32.2. The lowest BCUT2D eigenvalue weighted by atomic mass is 9.81. The van der Waals surface area contributed by atoms with Crippen LogP contribution >= 0.6 is 23.1 Å². The third-order valence-corrected chi connectivity index (χ3v) is 8.81. The number of likely N-dealkylation sites (tertiary alicyclic amines) is 1. The second-order valence-corrected chi connectivity index (χ2v) is 11.0. The number of hydrogen-bond acceptors (Lipinski definition) is 8. The smallest absolute Gasteiger partial charge is 0.119 e. The van der Waals surface area contributed by atoms with Crippen LogP contribution in [0.4, 0.5) is 0 Å². The van der Waals surface area contributed by atoms with Gasteiger partial charge in [0, 0.05) is 37.0 Å². The minimum absolute atomic E-state index is 0.192. The second-order valence-electron chi connectivity index (χ2n) is 8.61. The summed E-state index contributed by atoms with van der Waals surface area (Å²) in [6, 6.07) is 11.9. The number of fused-ring (bicyclic) bond motifs is 1. The number of ether oxygens (including phenoxy) is 1. The van der Waals surface area contributed by atoms with E-state index in [4.69, 9.17) is 4.74 Å². The van der Waals surface area contributed by atoms with E-state index in [0.29, 0.717) is 5.92 Å². The molecular formula is C25H33N3O3S2. The van der Waals surface area contributed by atoms with Crippen LogP contribution in [0.3, 0.4) is 0 Å². The number of methoxy groups -OCH3 is 1. The van der Waals surface area contributed by atoms with Crippen LogP contribution in [0.5, 0.6) is 5.75 Å². The Balaban J connectivity index is 1.34. The van der Waals surface area contributed by atoms with Crippen molar-refractivity contribution in [2.75, 3.05) is 39.1 Å². The van der Waals surface area contributed by atoms with Gasteiger partial charge in [-0.05, 0) is 78.9 Å². The maximum absolute atomic E-state index is 10.1. The summed E-state index contributed by atoms with van der Waals surface area (Å²) in [5, 5.41) is 23.2. The first-order valence-corrected chi connectivity index (χ1v) is 13.4. The zero-order valence-corrected chi connectivity index (χ0v) is 20.7. The van der Waals surface area contributed by atoms with Gasteiger partial charge in [0.1, 0.15) is 5.75 Å². The fourth-order valence-corrected chi connectivity index (χ4v) is 6.68. The number of nitrogens with one attached hydrogen (secondary N) is 1. The van der Waals surface area contributed by atoms with Crippen LogP contribution < -0.4 is 10.2 Å². The molecule has 6 nitrogen and oxygen atoms in total. The molecule has 0 spiro atoms. The number of thiophene rings is 1. The zero-order chi connectivity index (χ0) is 23.0. The van der Waals surface area contributed by atoms with E-state index in [0.717, 1.165) is 66.9 Å². The predicted molar refractivity (Wildman–Crippen MR) is 135 cm³/mol. The van der Waals surface area contributed by atoms with Crippen molar-refractivity contribution in [1.29, 1.82) is 0 Å². The van der Waals surface area contributed by atoms with Crippen molar-refractivity contribution < 1.29 is 15.1 Å². The van der Waals surface area contributed by atoms with Gasteiger partial charge in [0.25, 0.3) is 0 Å². The van der Waals surface area contributed by atoms with Crippen LogP contribution in [0.25, 0.3) is 10.9 Å². The number of nitrogens with zero attached hydrogens (tertiary/aromatic N) is 2. The minimum atomic E-state index is -0.192. The number of aromatic nitrogens is 1. The van der Waals surface area contributed by atoms with Gasteiger partial charge in [-0.1, -0.05) is 6.07 Å². The van der Waals surface area contributed by atoms with E-state index in [2.05, 4.69) is 32.9 Å². The molecule has 4 rings (SSSR count). The molecule has 0 amide bonds. The normalized spacial score (nSPS) is 20.2. The quantitative estimate of drug-likeness (QED) is 0.264. The van der Waals surface area contributed by atoms with Crippen LogP contribution in [0.1, 0.15) is 30.9 Å². The summed E-state index contributed by atoms with van der Waals surface area (Å²) < 4.78 is 6.76. The average molecular weight is 488 g/mol. The summed E-state index contributed by atoms with van der Waals surface area (Å²) in [6.07, 6.45) is 4.62. The highest BCUT2D eigenvalue weighted by Gasteiger charge is 2.29. The van der Waals surface area contributed by atoms with E-state index in [-0.39, 0.29) is 18.6 Å². The van der Waals surface area contributed by atoms with Crippen LogP contribution in [-0.2, 0) is 0 Å². The maximum Gasteiger partial charge on any atom is 0.119 e. The third kappa shape index (κ3) is 6.26. The molecule has 3 aromatic rings. The number of piperidine rings is 1. The van der Waals surface area contributed by atoms with Crippen molar-refractivity contribution in [2.45, 2.75) is 29.5 Å². The molecule has 3 atom stereocenters. The molecule has 0 unspecified atom stereocenters. The SMILES string of the molecule is COc1ccc2nccc([C@H](CC[C@@H]3CCN(CCSc4cccs4)C[C@@H]3CO)NO)c2c1. The fourth-order valence-electron chi connectivity index (χ4n) is 4.81. The Morgan fingerprint density at radius 2 is 2.21 bits per heavy atom. The molecule has 0 bridgehead atoms. The van der Waals surface area contributed by atoms with Crippen LogP contribution in [0, 0.1) is 11.8 Å². The number of thioether (sulfide) groups is 1. The molecule has 1 aliphatic rings. The lowest BCUT2D eigenvalue weighted by Gasteiger charge is -2.38. The number of pyridine rings is 1. The first-order valence-electron chi connectivity index (χ1n) is 11.5. The Kier molecular flexibility index (Phi) is 9.00. The number of hydrogen-bond donors (Lipinski definition) is 3. The number of aliphatic hydroxyl groups is 1. The summed E-state index contributed by atoms with van der Waals surface area (Å²) in [4.78, 5) is 6.94. The van der Waals surface area contributed by atoms with E-state index in [9.17, 15) is 10.3 Å². The maximum atomic E-state index is 10.1. The van der Waals surface area contributed by atoms with Gasteiger partial charge in [0.2, 0.25) is 0 Å². The van der Waals surface area contributed by atoms with Crippen molar-refractivity contribution in [3.05, 3.63) is 53.5 Å². The van der Waals surface area contributed by atoms with Gasteiger partial charge < -0.3 is 20.0 Å². The zero-order valence-electron chi connectivity index (χ0n) is 19.0. The molecule has 3 heterocycles. The predicted octanol–water partition coefficient (Wildman–Crippen LogP) is 4.83. The summed E-state index contributed by atoms with van der Waals surface area (Å²) in [5.41, 5.74) is 4.43. The molecule has 33 heavy (non-hydrogen) atoms. The number of aliphatic hydroxyl groups excluding tert-OH is 1. The molecule has 0 aliphatic carbocycles. The van der Waals surface area contributed by atoms with E-state index < -0.39 is 0 Å². The summed E-state index contributed by atoms with van der Waals surface area (Å²) >= 11 is 3.71. The number of benzene rings is 1. The van der Waals surface area contributed by atoms with Gasteiger partial charge in [0.15, 0.2) is 0 Å². The van der Waals surface area contributed by atoms with Gasteiger partial charge in [-0.25, -0.2) is 0 Å². The fraction of sp³-hybridized carbons (Fsp3) is 0.480.